The topological polar surface area (TPSA) is 71.2 Å². The number of carbonyl (C=O) groups is 2. The van der Waals surface area contributed by atoms with Gasteiger partial charge >= 0.3 is 5.97 Å². The fraction of sp³-hybridized carbons (Fsp3) is 0.0588. The molecule has 0 aliphatic rings. The van der Waals surface area contributed by atoms with E-state index >= 15 is 0 Å². The van der Waals surface area contributed by atoms with E-state index < -0.39 is 5.97 Å². The van der Waals surface area contributed by atoms with Gasteiger partial charge in [-0.15, -0.1) is 0 Å². The molecule has 24 heavy (non-hydrogen) atoms. The fourth-order valence-corrected chi connectivity index (χ4v) is 2.69. The summed E-state index contributed by atoms with van der Waals surface area (Å²) < 4.78 is 5.30. The van der Waals surface area contributed by atoms with E-state index in [0.29, 0.717) is 27.4 Å². The van der Waals surface area contributed by atoms with Crippen LogP contribution >= 0.6 is 23.2 Å². The third kappa shape index (κ3) is 3.37. The van der Waals surface area contributed by atoms with E-state index in [1.165, 1.54) is 6.92 Å². The van der Waals surface area contributed by atoms with Crippen molar-refractivity contribution < 1.29 is 14.3 Å². The van der Waals surface area contributed by atoms with Crippen molar-refractivity contribution in [2.24, 2.45) is 0 Å². The summed E-state index contributed by atoms with van der Waals surface area (Å²) >= 11 is 12.2. The predicted molar refractivity (Wildman–Crippen MR) is 94.0 cm³/mol. The van der Waals surface area contributed by atoms with Crippen molar-refractivity contribution >= 4 is 51.7 Å². The molecule has 3 rings (SSSR count). The number of H-pyrrole nitrogens is 1. The molecule has 0 unspecified atom stereocenters. The lowest BCUT2D eigenvalue weighted by molar-refractivity contribution is -0.114. The number of esters is 1. The van der Waals surface area contributed by atoms with Crippen molar-refractivity contribution in [1.29, 1.82) is 0 Å². The van der Waals surface area contributed by atoms with Crippen LogP contribution < -0.4 is 10.1 Å². The molecule has 1 aromatic heterocycles. The predicted octanol–water partition coefficient (Wildman–Crippen LogP) is 4.65. The molecule has 0 atom stereocenters. The molecule has 2 N–H and O–H groups in total. The molecule has 0 radical (unpaired) electrons. The second kappa shape index (κ2) is 6.55. The van der Waals surface area contributed by atoms with Crippen molar-refractivity contribution in [3.8, 4) is 5.75 Å². The van der Waals surface area contributed by atoms with Crippen LogP contribution in [0.2, 0.25) is 10.0 Å². The third-order valence-electron chi connectivity index (χ3n) is 3.29. The van der Waals surface area contributed by atoms with Gasteiger partial charge < -0.3 is 15.0 Å². The first kappa shape index (κ1) is 16.4. The Morgan fingerprint density at radius 3 is 2.46 bits per heavy atom. The SMILES string of the molecule is CC(=O)Nc1ccc(OC(=O)c2[nH]c3ccc(Cl)cc3c2Cl)cc1. The first-order valence-electron chi connectivity index (χ1n) is 7.00. The molecule has 3 aromatic rings. The van der Waals surface area contributed by atoms with Gasteiger partial charge in [-0.25, -0.2) is 4.79 Å². The first-order valence-corrected chi connectivity index (χ1v) is 7.76. The maximum absolute atomic E-state index is 12.3. The largest absolute Gasteiger partial charge is 0.422 e. The van der Waals surface area contributed by atoms with Gasteiger partial charge in [0.2, 0.25) is 5.91 Å². The maximum Gasteiger partial charge on any atom is 0.361 e. The second-order valence-electron chi connectivity index (χ2n) is 5.10. The summed E-state index contributed by atoms with van der Waals surface area (Å²) in [5, 5.41) is 4.06. The molecule has 7 heteroatoms. The highest BCUT2D eigenvalue weighted by Gasteiger charge is 2.18. The zero-order valence-corrected chi connectivity index (χ0v) is 14.0. The average molecular weight is 363 g/mol. The highest BCUT2D eigenvalue weighted by molar-refractivity contribution is 6.39. The van der Waals surface area contributed by atoms with Crippen LogP contribution in [0.3, 0.4) is 0 Å². The summed E-state index contributed by atoms with van der Waals surface area (Å²) in [4.78, 5) is 26.2. The summed E-state index contributed by atoms with van der Waals surface area (Å²) in [6.07, 6.45) is 0. The molecule has 1 heterocycles. The number of rotatable bonds is 3. The molecular weight excluding hydrogens is 351 g/mol. The zero-order chi connectivity index (χ0) is 17.3. The van der Waals surface area contributed by atoms with Crippen molar-refractivity contribution in [3.05, 3.63) is 58.2 Å². The normalized spacial score (nSPS) is 10.6. The van der Waals surface area contributed by atoms with E-state index in [1.54, 1.807) is 42.5 Å². The quantitative estimate of drug-likeness (QED) is 0.526. The standard InChI is InChI=1S/C17H12Cl2N2O3/c1-9(22)20-11-3-5-12(6-4-11)24-17(23)16-15(19)13-8-10(18)2-7-14(13)21-16/h2-8,21H,1H3,(H,20,22). The highest BCUT2D eigenvalue weighted by atomic mass is 35.5. The highest BCUT2D eigenvalue weighted by Crippen LogP contribution is 2.30. The second-order valence-corrected chi connectivity index (χ2v) is 5.91. The Balaban J connectivity index is 1.82. The number of benzene rings is 2. The van der Waals surface area contributed by atoms with E-state index in [-0.39, 0.29) is 16.6 Å². The summed E-state index contributed by atoms with van der Waals surface area (Å²) in [6, 6.07) is 11.5. The fourth-order valence-electron chi connectivity index (χ4n) is 2.24. The van der Waals surface area contributed by atoms with E-state index in [2.05, 4.69) is 10.3 Å². The van der Waals surface area contributed by atoms with Crippen LogP contribution in [-0.4, -0.2) is 16.9 Å². The molecular formula is C17H12Cl2N2O3. The van der Waals surface area contributed by atoms with E-state index in [0.717, 1.165) is 0 Å². The van der Waals surface area contributed by atoms with Gasteiger partial charge in [0, 0.05) is 28.5 Å². The Morgan fingerprint density at radius 1 is 1.08 bits per heavy atom. The number of hydrogen-bond donors (Lipinski definition) is 2. The molecule has 0 aliphatic carbocycles. The Labute approximate surface area is 147 Å². The van der Waals surface area contributed by atoms with Crippen molar-refractivity contribution in [3.63, 3.8) is 0 Å². The number of aromatic amines is 1. The summed E-state index contributed by atoms with van der Waals surface area (Å²) in [7, 11) is 0. The number of carbonyl (C=O) groups excluding carboxylic acids is 2. The van der Waals surface area contributed by atoms with Crippen LogP contribution in [-0.2, 0) is 4.79 Å². The number of halogens is 2. The van der Waals surface area contributed by atoms with Crippen LogP contribution in [0.5, 0.6) is 5.75 Å². The molecule has 0 spiro atoms. The smallest absolute Gasteiger partial charge is 0.361 e. The maximum atomic E-state index is 12.3. The molecule has 0 aliphatic heterocycles. The summed E-state index contributed by atoms with van der Waals surface area (Å²) in [5.41, 5.74) is 1.46. The molecule has 0 fully saturated rings. The van der Waals surface area contributed by atoms with Gasteiger partial charge in [-0.05, 0) is 42.5 Å². The van der Waals surface area contributed by atoms with Crippen LogP contribution in [0.1, 0.15) is 17.4 Å². The lowest BCUT2D eigenvalue weighted by atomic mass is 10.2. The minimum atomic E-state index is -0.611. The molecule has 0 bridgehead atoms. The van der Waals surface area contributed by atoms with Crippen molar-refractivity contribution in [1.82, 2.24) is 4.98 Å². The molecule has 0 saturated heterocycles. The van der Waals surface area contributed by atoms with Crippen molar-refractivity contribution in [2.75, 3.05) is 5.32 Å². The molecule has 2 aromatic carbocycles. The van der Waals surface area contributed by atoms with E-state index in [1.807, 2.05) is 0 Å². The monoisotopic (exact) mass is 362 g/mol. The van der Waals surface area contributed by atoms with Gasteiger partial charge in [-0.3, -0.25) is 4.79 Å². The van der Waals surface area contributed by atoms with Gasteiger partial charge in [-0.2, -0.15) is 0 Å². The summed E-state index contributed by atoms with van der Waals surface area (Å²) in [5.74, 6) is -0.454. The van der Waals surface area contributed by atoms with Crippen LogP contribution in [0.25, 0.3) is 10.9 Å². The third-order valence-corrected chi connectivity index (χ3v) is 3.91. The van der Waals surface area contributed by atoms with Crippen LogP contribution in [0, 0.1) is 0 Å². The van der Waals surface area contributed by atoms with Crippen LogP contribution in [0.15, 0.2) is 42.5 Å². The molecule has 1 amide bonds. The van der Waals surface area contributed by atoms with Gasteiger partial charge in [0.05, 0.1) is 5.02 Å². The molecule has 0 saturated carbocycles. The Hall–Kier alpha value is -2.50. The van der Waals surface area contributed by atoms with E-state index in [9.17, 15) is 9.59 Å². The van der Waals surface area contributed by atoms with Gasteiger partial charge in [0.25, 0.3) is 0 Å². The van der Waals surface area contributed by atoms with E-state index in [4.69, 9.17) is 27.9 Å². The number of ether oxygens (including phenoxy) is 1. The minimum absolute atomic E-state index is 0.153. The number of fused-ring (bicyclic) bond motifs is 1. The van der Waals surface area contributed by atoms with Crippen LogP contribution in [0.4, 0.5) is 5.69 Å². The Morgan fingerprint density at radius 2 is 1.79 bits per heavy atom. The number of aromatic nitrogens is 1. The zero-order valence-electron chi connectivity index (χ0n) is 12.5. The van der Waals surface area contributed by atoms with Gasteiger partial charge in [0.1, 0.15) is 11.4 Å². The Kier molecular flexibility index (Phi) is 4.46. The van der Waals surface area contributed by atoms with Crippen molar-refractivity contribution in [2.45, 2.75) is 6.92 Å². The van der Waals surface area contributed by atoms with Gasteiger partial charge in [-0.1, -0.05) is 23.2 Å². The minimum Gasteiger partial charge on any atom is -0.422 e. The van der Waals surface area contributed by atoms with Gasteiger partial charge in [0.15, 0.2) is 0 Å². The summed E-state index contributed by atoms with van der Waals surface area (Å²) in [6.45, 7) is 1.41. The molecule has 122 valence electrons. The molecule has 5 nitrogen and oxygen atoms in total. The average Bonchev–Trinajstić information content (AvgIpc) is 2.86. The number of anilines is 1. The first-order chi connectivity index (χ1) is 11.4. The number of nitrogens with one attached hydrogen (secondary N) is 2. The number of amides is 1. The lowest BCUT2D eigenvalue weighted by Crippen LogP contribution is -2.10. The number of hydrogen-bond acceptors (Lipinski definition) is 3. The Bertz CT molecular complexity index is 933. The lowest BCUT2D eigenvalue weighted by Gasteiger charge is -2.05.